The predicted octanol–water partition coefficient (Wildman–Crippen LogP) is 4.46. The SMILES string of the molecule is CC(C)C(=O)Nc1nc2c(ncn2[C@@H]2O[C@H](CO)C(O[Si](C)(C)C(C)(C)C)[C@H]2OP(=S)(OCCC#N)OCC[C@H]2C[C@@H](Nc3ccncn3)C[C@@H]2[PH](=O)O)c(=O)[nH]1. The molecule has 4 heterocycles. The van der Waals surface area contributed by atoms with E-state index >= 15 is 0 Å². The number of H-pyrrole nitrogens is 1. The highest BCUT2D eigenvalue weighted by Gasteiger charge is 2.53. The van der Waals surface area contributed by atoms with Crippen molar-refractivity contribution >= 4 is 63.7 Å². The Morgan fingerprint density at radius 3 is 2.61 bits per heavy atom. The van der Waals surface area contributed by atoms with Crippen LogP contribution in [0.1, 0.15) is 66.5 Å². The van der Waals surface area contributed by atoms with Gasteiger partial charge in [-0.3, -0.25) is 33.5 Å². The summed E-state index contributed by atoms with van der Waals surface area (Å²) in [5.74, 6) is -0.459. The first kappa shape index (κ1) is 45.1. The fourth-order valence-electron chi connectivity index (χ4n) is 6.50. The third-order valence-corrected chi connectivity index (χ3v) is 18.8. The second-order valence-corrected chi connectivity index (χ2v) is 25.1. The predicted molar refractivity (Wildman–Crippen MR) is 218 cm³/mol. The van der Waals surface area contributed by atoms with Gasteiger partial charge in [0, 0.05) is 23.8 Å². The third-order valence-electron chi connectivity index (χ3n) is 10.6. The molecule has 314 valence electrons. The van der Waals surface area contributed by atoms with Crippen LogP contribution in [0.5, 0.6) is 0 Å². The van der Waals surface area contributed by atoms with Crippen molar-refractivity contribution in [1.82, 2.24) is 29.5 Å². The van der Waals surface area contributed by atoms with Gasteiger partial charge in [0.25, 0.3) is 5.56 Å². The van der Waals surface area contributed by atoms with E-state index in [2.05, 4.69) is 56.3 Å². The minimum absolute atomic E-state index is 0.000348. The molecule has 0 bridgehead atoms. The number of anilines is 2. The first-order valence-corrected chi connectivity index (χ1v) is 25.7. The minimum atomic E-state index is -3.79. The molecule has 1 saturated carbocycles. The summed E-state index contributed by atoms with van der Waals surface area (Å²) >= 11 is 6.02. The zero-order valence-electron chi connectivity index (χ0n) is 33.1. The summed E-state index contributed by atoms with van der Waals surface area (Å²) in [4.78, 5) is 55.5. The van der Waals surface area contributed by atoms with E-state index in [1.165, 1.54) is 17.2 Å². The van der Waals surface area contributed by atoms with Crippen molar-refractivity contribution in [2.45, 2.75) is 115 Å². The number of nitrogens with one attached hydrogen (secondary N) is 3. The Morgan fingerprint density at radius 1 is 1.25 bits per heavy atom. The van der Waals surface area contributed by atoms with E-state index in [-0.39, 0.29) is 59.7 Å². The number of aromatic amines is 1. The Bertz CT molecular complexity index is 2030. The number of hydrogen-bond acceptors (Lipinski definition) is 16. The van der Waals surface area contributed by atoms with E-state index in [1.807, 2.05) is 19.2 Å². The van der Waals surface area contributed by atoms with Gasteiger partial charge in [-0.1, -0.05) is 34.6 Å². The molecule has 0 aromatic carbocycles. The number of carbonyl (C=O) groups excluding carboxylic acids is 1. The van der Waals surface area contributed by atoms with Crippen LogP contribution < -0.4 is 16.2 Å². The van der Waals surface area contributed by atoms with Crippen molar-refractivity contribution in [2.75, 3.05) is 30.5 Å². The van der Waals surface area contributed by atoms with E-state index in [4.69, 9.17) is 34.5 Å². The van der Waals surface area contributed by atoms with Crippen molar-refractivity contribution in [1.29, 1.82) is 5.26 Å². The van der Waals surface area contributed by atoms with Crippen LogP contribution in [0.25, 0.3) is 11.2 Å². The van der Waals surface area contributed by atoms with Crippen molar-refractivity contribution in [3.63, 3.8) is 0 Å². The first-order chi connectivity index (χ1) is 26.9. The molecule has 3 unspecified atom stereocenters. The Morgan fingerprint density at radius 2 is 1.98 bits per heavy atom. The van der Waals surface area contributed by atoms with Gasteiger partial charge < -0.3 is 33.5 Å². The van der Waals surface area contributed by atoms with Crippen molar-refractivity contribution in [3.05, 3.63) is 35.3 Å². The molecule has 2 fully saturated rings. The summed E-state index contributed by atoms with van der Waals surface area (Å²) in [6.45, 7) is 9.28. The van der Waals surface area contributed by atoms with E-state index in [0.29, 0.717) is 25.1 Å². The van der Waals surface area contributed by atoms with Gasteiger partial charge in [-0.05, 0) is 61.2 Å². The Balaban J connectivity index is 1.47. The van der Waals surface area contributed by atoms with Gasteiger partial charge in [0.05, 0.1) is 38.6 Å². The number of rotatable bonds is 18. The third kappa shape index (κ3) is 11.0. The largest absolute Gasteiger partial charge is 0.408 e. The highest BCUT2D eigenvalue weighted by molar-refractivity contribution is 8.07. The number of carbonyl (C=O) groups is 1. The zero-order chi connectivity index (χ0) is 41.7. The van der Waals surface area contributed by atoms with Gasteiger partial charge in [-0.15, -0.1) is 0 Å². The fourth-order valence-corrected chi connectivity index (χ4v) is 11.1. The molecule has 1 aliphatic heterocycles. The number of amides is 1. The summed E-state index contributed by atoms with van der Waals surface area (Å²) in [5.41, 5.74) is -1.08. The highest BCUT2D eigenvalue weighted by Crippen LogP contribution is 2.56. The molecular formula is C34H53N9O10P2SSi. The van der Waals surface area contributed by atoms with Crippen LogP contribution in [0.3, 0.4) is 0 Å². The zero-order valence-corrected chi connectivity index (χ0v) is 36.8. The summed E-state index contributed by atoms with van der Waals surface area (Å²) in [6.07, 6.45) is 1.59. The number of imidazole rings is 1. The summed E-state index contributed by atoms with van der Waals surface area (Å²) in [5, 5.41) is 25.7. The average Bonchev–Trinajstić information content (AvgIpc) is 3.84. The standard InChI is InChI=1S/C34H53N9O10P2SSi/c1-20(2)30(45)41-33-40-29-26(31(46)42-33)38-19-43(29)32-28(27(23(17-44)51-32)53-57(6,7)34(3,4)5)52-55(56,49-13-8-11-35)50-14-10-21-15-22(16-24(21)54(47)48)39-25-9-12-36-18-37-25/h9,12,18-24,27-28,32,44,54H,8,10,13-17H2,1-7H3,(H,47,48)(H,36,37,39)(H2,40,41,42,45,46)/t21-,22+,23+,24-,27?,28+,32+,55?/m0/s1. The maximum absolute atomic E-state index is 13.1. The molecule has 2 aliphatic rings. The van der Waals surface area contributed by atoms with Crippen LogP contribution in [0.15, 0.2) is 29.7 Å². The number of aliphatic hydroxyl groups is 1. The molecule has 57 heavy (non-hydrogen) atoms. The van der Waals surface area contributed by atoms with Gasteiger partial charge in [-0.2, -0.15) is 10.2 Å². The van der Waals surface area contributed by atoms with Crippen molar-refractivity contribution in [2.24, 2.45) is 11.8 Å². The molecule has 23 heteroatoms. The molecule has 1 amide bonds. The van der Waals surface area contributed by atoms with Crippen molar-refractivity contribution in [3.8, 4) is 6.07 Å². The lowest BCUT2D eigenvalue weighted by Gasteiger charge is -2.41. The molecule has 3 aromatic heterocycles. The van der Waals surface area contributed by atoms with Gasteiger partial charge in [0.2, 0.25) is 11.9 Å². The van der Waals surface area contributed by atoms with E-state index in [9.17, 15) is 29.4 Å². The smallest absolute Gasteiger partial charge is 0.327 e. The quantitative estimate of drug-likeness (QED) is 0.0672. The van der Waals surface area contributed by atoms with Crippen LogP contribution in [0, 0.1) is 23.2 Å². The van der Waals surface area contributed by atoms with Gasteiger partial charge >= 0.3 is 6.72 Å². The molecule has 9 atom stereocenters. The summed E-state index contributed by atoms with van der Waals surface area (Å²) < 4.78 is 46.4. The number of hydrogen-bond donors (Lipinski definition) is 5. The van der Waals surface area contributed by atoms with Gasteiger partial charge in [0.1, 0.15) is 30.5 Å². The molecule has 19 nitrogen and oxygen atoms in total. The number of ether oxygens (including phenoxy) is 1. The van der Waals surface area contributed by atoms with Crippen molar-refractivity contribution < 1.29 is 42.1 Å². The normalized spacial score (nSPS) is 25.7. The first-order valence-electron chi connectivity index (χ1n) is 18.8. The molecule has 5 N–H and O–H groups in total. The van der Waals surface area contributed by atoms with Crippen LogP contribution >= 0.6 is 14.7 Å². The second-order valence-electron chi connectivity index (χ2n) is 16.0. The molecule has 1 saturated heterocycles. The number of aromatic nitrogens is 6. The van der Waals surface area contributed by atoms with E-state index in [1.54, 1.807) is 26.1 Å². The van der Waals surface area contributed by atoms with E-state index in [0.717, 1.165) is 0 Å². The number of nitrogens with zero attached hydrogens (tertiary/aromatic N) is 6. The molecular weight excluding hydrogens is 817 g/mol. The van der Waals surface area contributed by atoms with Crippen LogP contribution in [-0.2, 0) is 43.9 Å². The number of aliphatic hydroxyl groups excluding tert-OH is 1. The van der Waals surface area contributed by atoms with Gasteiger partial charge in [-0.25, -0.2) is 15.0 Å². The fraction of sp³-hybridized carbons (Fsp3) is 0.676. The summed E-state index contributed by atoms with van der Waals surface area (Å²) in [7, 11) is -5.52. The monoisotopic (exact) mass is 869 g/mol. The second kappa shape index (κ2) is 18.9. The Labute approximate surface area is 337 Å². The van der Waals surface area contributed by atoms with Crippen LogP contribution in [0.4, 0.5) is 11.8 Å². The minimum Gasteiger partial charge on any atom is -0.408 e. The lowest BCUT2D eigenvalue weighted by atomic mass is 10.0. The highest BCUT2D eigenvalue weighted by atomic mass is 32.5. The lowest BCUT2D eigenvalue weighted by molar-refractivity contribution is -0.118. The molecule has 5 rings (SSSR count). The topological polar surface area (TPSA) is 258 Å². The molecule has 0 spiro atoms. The molecule has 0 radical (unpaired) electrons. The van der Waals surface area contributed by atoms with Crippen LogP contribution in [0.2, 0.25) is 18.1 Å². The average molecular weight is 870 g/mol. The Hall–Kier alpha value is -2.99. The van der Waals surface area contributed by atoms with Gasteiger partial charge in [0.15, 0.2) is 33.7 Å². The molecule has 1 aliphatic carbocycles. The maximum Gasteiger partial charge on any atom is 0.327 e. The maximum atomic E-state index is 13.1. The Kier molecular flexibility index (Phi) is 15.0. The summed E-state index contributed by atoms with van der Waals surface area (Å²) in [6, 6.07) is 3.66. The lowest BCUT2D eigenvalue weighted by Crippen LogP contribution is -2.50. The van der Waals surface area contributed by atoms with E-state index < -0.39 is 71.3 Å². The van der Waals surface area contributed by atoms with Crippen LogP contribution in [-0.4, -0.2) is 104 Å². The number of nitriles is 1. The molecule has 3 aromatic rings. The number of fused-ring (bicyclic) bond motifs is 1.